The summed E-state index contributed by atoms with van der Waals surface area (Å²) < 4.78 is 6.47. The highest BCUT2D eigenvalue weighted by molar-refractivity contribution is 9.10. The van der Waals surface area contributed by atoms with Crippen molar-refractivity contribution in [1.29, 1.82) is 0 Å². The molecule has 1 fully saturated rings. The fourth-order valence-corrected chi connectivity index (χ4v) is 3.06. The maximum absolute atomic E-state index is 6.21. The Bertz CT molecular complexity index is 447. The molecule has 2 rings (SSSR count). The third-order valence-corrected chi connectivity index (χ3v) is 4.61. The highest BCUT2D eigenvalue weighted by Gasteiger charge is 2.27. The van der Waals surface area contributed by atoms with Crippen LogP contribution in [0.25, 0.3) is 0 Å². The average Bonchev–Trinajstić information content (AvgIpc) is 2.43. The zero-order chi connectivity index (χ0) is 14.6. The standard InChI is InChI=1S/C15H22BrClN2O/c1-15(2,19-5-7-20-8-6-19)11-18-10-12-9-13(16)3-4-14(12)17/h3-4,9,18H,5-8,10-11H2,1-2H3. The van der Waals surface area contributed by atoms with Crippen molar-refractivity contribution >= 4 is 27.5 Å². The Morgan fingerprint density at radius 1 is 1.35 bits per heavy atom. The molecular formula is C15H22BrClN2O. The van der Waals surface area contributed by atoms with Crippen molar-refractivity contribution in [3.63, 3.8) is 0 Å². The number of halogens is 2. The molecule has 1 aromatic carbocycles. The number of hydrogen-bond donors (Lipinski definition) is 1. The predicted molar refractivity (Wildman–Crippen MR) is 87.3 cm³/mol. The van der Waals surface area contributed by atoms with Crippen molar-refractivity contribution in [3.8, 4) is 0 Å². The van der Waals surface area contributed by atoms with Crippen LogP contribution in [0, 0.1) is 0 Å². The van der Waals surface area contributed by atoms with Crippen LogP contribution in [0.4, 0.5) is 0 Å². The number of nitrogens with one attached hydrogen (secondary N) is 1. The Morgan fingerprint density at radius 2 is 2.05 bits per heavy atom. The van der Waals surface area contributed by atoms with Crippen molar-refractivity contribution in [1.82, 2.24) is 10.2 Å². The topological polar surface area (TPSA) is 24.5 Å². The first-order valence-electron chi connectivity index (χ1n) is 6.96. The molecule has 0 spiro atoms. The summed E-state index contributed by atoms with van der Waals surface area (Å²) in [5, 5.41) is 4.33. The van der Waals surface area contributed by atoms with Crippen LogP contribution in [-0.2, 0) is 11.3 Å². The van der Waals surface area contributed by atoms with E-state index in [0.29, 0.717) is 0 Å². The SMILES string of the molecule is CC(C)(CNCc1cc(Br)ccc1Cl)N1CCOCC1. The van der Waals surface area contributed by atoms with E-state index in [2.05, 4.69) is 46.1 Å². The van der Waals surface area contributed by atoms with Crippen LogP contribution < -0.4 is 5.32 Å². The van der Waals surface area contributed by atoms with E-state index in [-0.39, 0.29) is 5.54 Å². The summed E-state index contributed by atoms with van der Waals surface area (Å²) in [5.41, 5.74) is 1.25. The van der Waals surface area contributed by atoms with Crippen LogP contribution >= 0.6 is 27.5 Å². The summed E-state index contributed by atoms with van der Waals surface area (Å²) in [6, 6.07) is 5.95. The second kappa shape index (κ2) is 7.23. The van der Waals surface area contributed by atoms with Gasteiger partial charge >= 0.3 is 0 Å². The van der Waals surface area contributed by atoms with Gasteiger partial charge < -0.3 is 10.1 Å². The van der Waals surface area contributed by atoms with E-state index >= 15 is 0 Å². The Hall–Kier alpha value is -0.130. The van der Waals surface area contributed by atoms with E-state index in [1.165, 1.54) is 0 Å². The fourth-order valence-electron chi connectivity index (χ4n) is 2.46. The van der Waals surface area contributed by atoms with Gasteiger partial charge in [0.05, 0.1) is 13.2 Å². The van der Waals surface area contributed by atoms with Gasteiger partial charge in [-0.25, -0.2) is 0 Å². The minimum atomic E-state index is 0.127. The quantitative estimate of drug-likeness (QED) is 0.871. The van der Waals surface area contributed by atoms with Crippen LogP contribution in [0.15, 0.2) is 22.7 Å². The van der Waals surface area contributed by atoms with Gasteiger partial charge in [-0.15, -0.1) is 0 Å². The van der Waals surface area contributed by atoms with Crippen LogP contribution in [0.5, 0.6) is 0 Å². The molecule has 5 heteroatoms. The van der Waals surface area contributed by atoms with Gasteiger partial charge in [0.25, 0.3) is 0 Å². The van der Waals surface area contributed by atoms with E-state index < -0.39 is 0 Å². The summed E-state index contributed by atoms with van der Waals surface area (Å²) in [5.74, 6) is 0. The van der Waals surface area contributed by atoms with Gasteiger partial charge in [0.2, 0.25) is 0 Å². The van der Waals surface area contributed by atoms with Gasteiger partial charge in [0.15, 0.2) is 0 Å². The summed E-state index contributed by atoms with van der Waals surface area (Å²) in [7, 11) is 0. The third kappa shape index (κ3) is 4.43. The average molecular weight is 362 g/mol. The lowest BCUT2D eigenvalue weighted by Crippen LogP contribution is -2.54. The first-order valence-corrected chi connectivity index (χ1v) is 8.13. The second-order valence-electron chi connectivity index (χ2n) is 5.75. The molecule has 0 aromatic heterocycles. The molecule has 0 bridgehead atoms. The first kappa shape index (κ1) is 16.2. The smallest absolute Gasteiger partial charge is 0.0594 e. The lowest BCUT2D eigenvalue weighted by molar-refractivity contribution is -0.00966. The van der Waals surface area contributed by atoms with Crippen molar-refractivity contribution in [3.05, 3.63) is 33.3 Å². The summed E-state index contributed by atoms with van der Waals surface area (Å²) >= 11 is 9.69. The molecule has 1 aromatic rings. The van der Waals surface area contributed by atoms with E-state index in [0.717, 1.165) is 54.5 Å². The molecule has 0 radical (unpaired) electrons. The number of rotatable bonds is 5. The van der Waals surface area contributed by atoms with Crippen molar-refractivity contribution in [2.24, 2.45) is 0 Å². The number of morpholine rings is 1. The highest BCUT2D eigenvalue weighted by atomic mass is 79.9. The molecule has 0 atom stereocenters. The van der Waals surface area contributed by atoms with Gasteiger partial charge in [-0.3, -0.25) is 4.90 Å². The molecule has 1 saturated heterocycles. The van der Waals surface area contributed by atoms with Crippen LogP contribution in [0.1, 0.15) is 19.4 Å². The summed E-state index contributed by atoms with van der Waals surface area (Å²) in [6.07, 6.45) is 0. The van der Waals surface area contributed by atoms with Gasteiger partial charge in [-0.05, 0) is 37.6 Å². The van der Waals surface area contributed by atoms with Crippen LogP contribution in [0.2, 0.25) is 5.02 Å². The van der Waals surface area contributed by atoms with Crippen molar-refractivity contribution in [2.75, 3.05) is 32.8 Å². The normalized spacial score (nSPS) is 17.4. The van der Waals surface area contributed by atoms with Crippen LogP contribution in [0.3, 0.4) is 0 Å². The monoisotopic (exact) mass is 360 g/mol. The largest absolute Gasteiger partial charge is 0.379 e. The van der Waals surface area contributed by atoms with E-state index in [4.69, 9.17) is 16.3 Å². The molecule has 0 amide bonds. The molecule has 112 valence electrons. The molecule has 1 aliphatic rings. The maximum Gasteiger partial charge on any atom is 0.0594 e. The molecule has 3 nitrogen and oxygen atoms in total. The maximum atomic E-state index is 6.21. The number of benzene rings is 1. The zero-order valence-corrected chi connectivity index (χ0v) is 14.4. The lowest BCUT2D eigenvalue weighted by Gasteiger charge is -2.41. The first-order chi connectivity index (χ1) is 9.49. The van der Waals surface area contributed by atoms with Crippen LogP contribution in [-0.4, -0.2) is 43.3 Å². The Morgan fingerprint density at radius 3 is 2.75 bits per heavy atom. The molecule has 1 aliphatic heterocycles. The Balaban J connectivity index is 1.86. The number of hydrogen-bond acceptors (Lipinski definition) is 3. The molecule has 1 N–H and O–H groups in total. The molecular weight excluding hydrogens is 340 g/mol. The van der Waals surface area contributed by atoms with E-state index in [1.54, 1.807) is 0 Å². The highest BCUT2D eigenvalue weighted by Crippen LogP contribution is 2.21. The minimum absolute atomic E-state index is 0.127. The van der Waals surface area contributed by atoms with Crippen molar-refractivity contribution < 1.29 is 4.74 Å². The van der Waals surface area contributed by atoms with Crippen molar-refractivity contribution in [2.45, 2.75) is 25.9 Å². The Labute approximate surface area is 134 Å². The summed E-state index contributed by atoms with van der Waals surface area (Å²) in [6.45, 7) is 9.93. The Kier molecular flexibility index (Phi) is 5.87. The summed E-state index contributed by atoms with van der Waals surface area (Å²) in [4.78, 5) is 2.48. The van der Waals surface area contributed by atoms with Gasteiger partial charge in [0.1, 0.15) is 0 Å². The van der Waals surface area contributed by atoms with Gasteiger partial charge in [-0.2, -0.15) is 0 Å². The van der Waals surface area contributed by atoms with Gasteiger partial charge in [-0.1, -0.05) is 27.5 Å². The lowest BCUT2D eigenvalue weighted by atomic mass is 10.0. The minimum Gasteiger partial charge on any atom is -0.379 e. The van der Waals surface area contributed by atoms with Gasteiger partial charge in [0, 0.05) is 41.2 Å². The molecule has 1 heterocycles. The number of nitrogens with zero attached hydrogens (tertiary/aromatic N) is 1. The molecule has 0 saturated carbocycles. The second-order valence-corrected chi connectivity index (χ2v) is 7.07. The van der Waals surface area contributed by atoms with E-state index in [1.807, 2.05) is 12.1 Å². The zero-order valence-electron chi connectivity index (χ0n) is 12.1. The number of ether oxygens (including phenoxy) is 1. The molecule has 20 heavy (non-hydrogen) atoms. The predicted octanol–water partition coefficient (Wildman–Crippen LogP) is 3.30. The van der Waals surface area contributed by atoms with E-state index in [9.17, 15) is 0 Å². The fraction of sp³-hybridized carbons (Fsp3) is 0.600. The molecule has 0 unspecified atom stereocenters. The third-order valence-electron chi connectivity index (χ3n) is 3.75. The molecule has 0 aliphatic carbocycles.